The zero-order valence-electron chi connectivity index (χ0n) is 13.8. The monoisotopic (exact) mass is 291 g/mol. The van der Waals surface area contributed by atoms with Gasteiger partial charge in [-0.1, -0.05) is 33.1 Å². The van der Waals surface area contributed by atoms with E-state index in [-0.39, 0.29) is 5.91 Å². The third-order valence-electron chi connectivity index (χ3n) is 5.21. The largest absolute Gasteiger partial charge is 0.326 e. The van der Waals surface area contributed by atoms with Gasteiger partial charge < -0.3 is 4.90 Å². The maximum Gasteiger partial charge on any atom is 0.237 e. The maximum absolute atomic E-state index is 12.6. The second-order valence-corrected chi connectivity index (χ2v) is 7.30. The van der Waals surface area contributed by atoms with Gasteiger partial charge in [0.15, 0.2) is 0 Å². The Morgan fingerprint density at radius 3 is 2.33 bits per heavy atom. The van der Waals surface area contributed by atoms with Gasteiger partial charge in [-0.15, -0.1) is 0 Å². The Bertz CT molecular complexity index is 399. The average molecular weight is 291 g/mol. The molecule has 2 atom stereocenters. The van der Waals surface area contributed by atoms with Gasteiger partial charge in [0.1, 0.15) is 5.54 Å². The van der Waals surface area contributed by atoms with E-state index in [1.807, 2.05) is 7.05 Å². The van der Waals surface area contributed by atoms with Crippen molar-refractivity contribution in [2.45, 2.75) is 57.9 Å². The molecule has 1 saturated heterocycles. The molecule has 0 radical (unpaired) electrons. The molecule has 0 aromatic heterocycles. The molecule has 0 bridgehead atoms. The third-order valence-corrected chi connectivity index (χ3v) is 5.21. The molecule has 1 saturated carbocycles. The standard InChI is InChI=1S/C17H29N3O/c1-14-9-15(2)11-20(10-14)12-16(21)19(3)17(13-18)7-5-4-6-8-17/h14-15H,4-12H2,1-3H3. The molecule has 2 aliphatic rings. The maximum atomic E-state index is 12.6. The van der Waals surface area contributed by atoms with E-state index in [9.17, 15) is 10.1 Å². The third kappa shape index (κ3) is 3.77. The summed E-state index contributed by atoms with van der Waals surface area (Å²) in [4.78, 5) is 16.6. The topological polar surface area (TPSA) is 47.3 Å². The summed E-state index contributed by atoms with van der Waals surface area (Å²) in [6.07, 6.45) is 6.22. The van der Waals surface area contributed by atoms with Crippen molar-refractivity contribution in [2.75, 3.05) is 26.7 Å². The van der Waals surface area contributed by atoms with E-state index in [2.05, 4.69) is 24.8 Å². The minimum atomic E-state index is -0.553. The van der Waals surface area contributed by atoms with Crippen molar-refractivity contribution in [3.05, 3.63) is 0 Å². The summed E-state index contributed by atoms with van der Waals surface area (Å²) >= 11 is 0. The Balaban J connectivity index is 1.97. The first-order valence-corrected chi connectivity index (χ1v) is 8.37. The number of carbonyl (C=O) groups is 1. The Morgan fingerprint density at radius 2 is 1.81 bits per heavy atom. The quantitative estimate of drug-likeness (QED) is 0.803. The number of likely N-dealkylation sites (N-methyl/N-ethyl adjacent to an activating group) is 1. The number of piperidine rings is 1. The van der Waals surface area contributed by atoms with Crippen molar-refractivity contribution in [3.8, 4) is 6.07 Å². The SMILES string of the molecule is CC1CC(C)CN(CC(=O)N(C)C2(C#N)CCCCC2)C1. The predicted octanol–water partition coefficient (Wildman–Crippen LogP) is 2.65. The number of hydrogen-bond acceptors (Lipinski definition) is 3. The fourth-order valence-corrected chi connectivity index (χ4v) is 4.12. The lowest BCUT2D eigenvalue weighted by molar-refractivity contribution is -0.136. The van der Waals surface area contributed by atoms with Crippen molar-refractivity contribution in [1.29, 1.82) is 5.26 Å². The molecule has 21 heavy (non-hydrogen) atoms. The number of nitrogens with zero attached hydrogens (tertiary/aromatic N) is 3. The first kappa shape index (κ1) is 16.3. The van der Waals surface area contributed by atoms with Gasteiger partial charge in [0.25, 0.3) is 0 Å². The number of hydrogen-bond donors (Lipinski definition) is 0. The van der Waals surface area contributed by atoms with Crippen LogP contribution < -0.4 is 0 Å². The van der Waals surface area contributed by atoms with E-state index in [0.29, 0.717) is 18.4 Å². The van der Waals surface area contributed by atoms with Crippen LogP contribution in [0.3, 0.4) is 0 Å². The normalized spacial score (nSPS) is 29.6. The first-order chi connectivity index (χ1) is 9.97. The highest BCUT2D eigenvalue weighted by atomic mass is 16.2. The van der Waals surface area contributed by atoms with Gasteiger partial charge in [0, 0.05) is 20.1 Å². The minimum absolute atomic E-state index is 0.111. The highest BCUT2D eigenvalue weighted by Crippen LogP contribution is 2.32. The zero-order valence-corrected chi connectivity index (χ0v) is 13.8. The Labute approximate surface area is 129 Å². The summed E-state index contributed by atoms with van der Waals surface area (Å²) < 4.78 is 0. The Kier molecular flexibility index (Phi) is 5.27. The summed E-state index contributed by atoms with van der Waals surface area (Å²) in [5, 5.41) is 9.59. The Hall–Kier alpha value is -1.08. The van der Waals surface area contributed by atoms with Crippen LogP contribution in [0.15, 0.2) is 0 Å². The van der Waals surface area contributed by atoms with E-state index in [1.165, 1.54) is 12.8 Å². The van der Waals surface area contributed by atoms with Crippen molar-refractivity contribution < 1.29 is 4.79 Å². The Morgan fingerprint density at radius 1 is 1.24 bits per heavy atom. The van der Waals surface area contributed by atoms with E-state index in [0.717, 1.165) is 38.8 Å². The average Bonchev–Trinajstić information content (AvgIpc) is 2.46. The molecule has 118 valence electrons. The summed E-state index contributed by atoms with van der Waals surface area (Å²) in [5.74, 6) is 1.43. The van der Waals surface area contributed by atoms with Crippen LogP contribution in [-0.2, 0) is 4.79 Å². The molecule has 4 nitrogen and oxygen atoms in total. The summed E-state index contributed by atoms with van der Waals surface area (Å²) in [7, 11) is 1.83. The van der Waals surface area contributed by atoms with Gasteiger partial charge in [-0.25, -0.2) is 0 Å². The molecule has 1 aliphatic carbocycles. The second-order valence-electron chi connectivity index (χ2n) is 7.30. The first-order valence-electron chi connectivity index (χ1n) is 8.37. The molecule has 0 aromatic carbocycles. The van der Waals surface area contributed by atoms with E-state index >= 15 is 0 Å². The van der Waals surface area contributed by atoms with E-state index in [4.69, 9.17) is 0 Å². The molecule has 2 fully saturated rings. The number of likely N-dealkylation sites (tertiary alicyclic amines) is 1. The fourth-order valence-electron chi connectivity index (χ4n) is 4.12. The molecule has 1 amide bonds. The van der Waals surface area contributed by atoms with Crippen LogP contribution in [0, 0.1) is 23.2 Å². The van der Waals surface area contributed by atoms with Crippen LogP contribution in [-0.4, -0.2) is 47.9 Å². The molecule has 0 aromatic rings. The molecular weight excluding hydrogens is 262 g/mol. The molecule has 0 N–H and O–H groups in total. The van der Waals surface area contributed by atoms with Crippen LogP contribution in [0.2, 0.25) is 0 Å². The lowest BCUT2D eigenvalue weighted by Crippen LogP contribution is -2.53. The number of carbonyl (C=O) groups excluding carboxylic acids is 1. The highest BCUT2D eigenvalue weighted by Gasteiger charge is 2.39. The van der Waals surface area contributed by atoms with E-state index < -0.39 is 5.54 Å². The van der Waals surface area contributed by atoms with Crippen LogP contribution in [0.25, 0.3) is 0 Å². The van der Waals surface area contributed by atoms with Gasteiger partial charge in [0.2, 0.25) is 5.91 Å². The van der Waals surface area contributed by atoms with Crippen molar-refractivity contribution in [2.24, 2.45) is 11.8 Å². The van der Waals surface area contributed by atoms with Gasteiger partial charge >= 0.3 is 0 Å². The molecule has 1 aliphatic heterocycles. The predicted molar refractivity (Wildman–Crippen MR) is 83.6 cm³/mol. The van der Waals surface area contributed by atoms with Crippen molar-refractivity contribution >= 4 is 5.91 Å². The van der Waals surface area contributed by atoms with Crippen LogP contribution in [0.5, 0.6) is 0 Å². The number of rotatable bonds is 3. The molecular formula is C17H29N3O. The lowest BCUT2D eigenvalue weighted by Gasteiger charge is -2.41. The van der Waals surface area contributed by atoms with Gasteiger partial charge in [-0.05, 0) is 31.1 Å². The van der Waals surface area contributed by atoms with Crippen LogP contribution >= 0.6 is 0 Å². The summed E-state index contributed by atoms with van der Waals surface area (Å²) in [6.45, 7) is 6.99. The van der Waals surface area contributed by atoms with Crippen molar-refractivity contribution in [1.82, 2.24) is 9.80 Å². The molecule has 2 unspecified atom stereocenters. The summed E-state index contributed by atoms with van der Waals surface area (Å²) in [6, 6.07) is 2.44. The fraction of sp³-hybridized carbons (Fsp3) is 0.882. The zero-order chi connectivity index (χ0) is 15.5. The van der Waals surface area contributed by atoms with Gasteiger partial charge in [0.05, 0.1) is 12.6 Å². The number of amides is 1. The minimum Gasteiger partial charge on any atom is -0.326 e. The molecule has 2 rings (SSSR count). The van der Waals surface area contributed by atoms with Crippen molar-refractivity contribution in [3.63, 3.8) is 0 Å². The lowest BCUT2D eigenvalue weighted by atomic mass is 9.81. The van der Waals surface area contributed by atoms with Crippen LogP contribution in [0.4, 0.5) is 0 Å². The van der Waals surface area contributed by atoms with Crippen LogP contribution in [0.1, 0.15) is 52.4 Å². The van der Waals surface area contributed by atoms with Gasteiger partial charge in [-0.2, -0.15) is 5.26 Å². The number of nitriles is 1. The molecule has 1 heterocycles. The van der Waals surface area contributed by atoms with Gasteiger partial charge in [-0.3, -0.25) is 9.69 Å². The van der Waals surface area contributed by atoms with E-state index in [1.54, 1.807) is 4.90 Å². The highest BCUT2D eigenvalue weighted by molar-refractivity contribution is 5.79. The molecule has 4 heteroatoms. The second kappa shape index (κ2) is 6.79. The smallest absolute Gasteiger partial charge is 0.237 e. The molecule has 0 spiro atoms. The summed E-state index contributed by atoms with van der Waals surface area (Å²) in [5.41, 5.74) is -0.553.